The first kappa shape index (κ1) is 16.1. The van der Waals surface area contributed by atoms with Gasteiger partial charge in [0.15, 0.2) is 0 Å². The lowest BCUT2D eigenvalue weighted by Gasteiger charge is -2.43. The van der Waals surface area contributed by atoms with Crippen LogP contribution in [-0.4, -0.2) is 30.7 Å². The maximum Gasteiger partial charge on any atom is 0.223 e. The average Bonchev–Trinajstić information content (AvgIpc) is 2.74. The quantitative estimate of drug-likeness (QED) is 0.818. The molecule has 1 heterocycles. The first-order valence-corrected chi connectivity index (χ1v) is 7.82. The molecule has 3 fully saturated rings. The Morgan fingerprint density at radius 2 is 1.85 bits per heavy atom. The van der Waals surface area contributed by atoms with Crippen molar-refractivity contribution in [1.29, 1.82) is 0 Å². The highest BCUT2D eigenvalue weighted by Crippen LogP contribution is 2.42. The molecule has 0 aromatic rings. The van der Waals surface area contributed by atoms with Crippen LogP contribution in [0.3, 0.4) is 0 Å². The van der Waals surface area contributed by atoms with Crippen LogP contribution in [0.1, 0.15) is 45.4 Å². The van der Waals surface area contributed by atoms with Gasteiger partial charge < -0.3 is 15.8 Å². The molecule has 0 radical (unpaired) electrons. The van der Waals surface area contributed by atoms with Gasteiger partial charge in [0.2, 0.25) is 5.91 Å². The van der Waals surface area contributed by atoms with E-state index in [9.17, 15) is 4.79 Å². The van der Waals surface area contributed by atoms with Gasteiger partial charge in [0.25, 0.3) is 0 Å². The Morgan fingerprint density at radius 1 is 1.20 bits per heavy atom. The Labute approximate surface area is 127 Å². The van der Waals surface area contributed by atoms with Gasteiger partial charge in [0, 0.05) is 18.6 Å². The molecule has 1 amide bonds. The first-order chi connectivity index (χ1) is 9.15. The van der Waals surface area contributed by atoms with E-state index in [2.05, 4.69) is 5.32 Å². The number of carbonyl (C=O) groups excluding carboxylic acids is 1. The lowest BCUT2D eigenvalue weighted by atomic mass is 9.65. The fraction of sp³-hybridized carbons (Fsp3) is 0.933. The summed E-state index contributed by atoms with van der Waals surface area (Å²) in [6, 6.07) is 0.550. The number of hydrogen-bond donors (Lipinski definition) is 2. The van der Waals surface area contributed by atoms with E-state index >= 15 is 0 Å². The van der Waals surface area contributed by atoms with Crippen LogP contribution in [0, 0.1) is 17.8 Å². The maximum atomic E-state index is 12.4. The Kier molecular flexibility index (Phi) is 5.32. The van der Waals surface area contributed by atoms with Crippen LogP contribution in [0.5, 0.6) is 0 Å². The van der Waals surface area contributed by atoms with Gasteiger partial charge in [-0.05, 0) is 50.9 Å². The van der Waals surface area contributed by atoms with Crippen molar-refractivity contribution >= 4 is 18.3 Å². The van der Waals surface area contributed by atoms with Crippen molar-refractivity contribution in [1.82, 2.24) is 5.32 Å². The molecule has 3 aliphatic rings. The van der Waals surface area contributed by atoms with Gasteiger partial charge in [-0.25, -0.2) is 0 Å². The van der Waals surface area contributed by atoms with E-state index in [0.29, 0.717) is 17.9 Å². The van der Waals surface area contributed by atoms with E-state index in [-0.39, 0.29) is 36.4 Å². The zero-order valence-corrected chi connectivity index (χ0v) is 13.0. The number of hydrogen-bond acceptors (Lipinski definition) is 3. The third-order valence-electron chi connectivity index (χ3n) is 5.49. The molecule has 4 atom stereocenters. The molecule has 116 valence electrons. The van der Waals surface area contributed by atoms with E-state index in [0.717, 1.165) is 25.9 Å². The van der Waals surface area contributed by atoms with Gasteiger partial charge in [-0.3, -0.25) is 4.79 Å². The molecule has 4 unspecified atom stereocenters. The summed E-state index contributed by atoms with van der Waals surface area (Å²) in [5, 5.41) is 3.20. The molecular formula is C15H27ClN2O2. The number of nitrogens with two attached hydrogens (primary N) is 1. The predicted molar refractivity (Wildman–Crippen MR) is 80.7 cm³/mol. The molecule has 3 N–H and O–H groups in total. The lowest BCUT2D eigenvalue weighted by Crippen LogP contribution is -2.50. The summed E-state index contributed by atoms with van der Waals surface area (Å²) in [5.74, 6) is 1.56. The Bertz CT molecular complexity index is 339. The fourth-order valence-corrected chi connectivity index (χ4v) is 4.23. The second kappa shape index (κ2) is 6.63. The van der Waals surface area contributed by atoms with Gasteiger partial charge in [-0.1, -0.05) is 6.42 Å². The number of ether oxygens (including phenoxy) is 1. The second-order valence-electron chi connectivity index (χ2n) is 6.68. The van der Waals surface area contributed by atoms with Crippen molar-refractivity contribution in [3.63, 3.8) is 0 Å². The summed E-state index contributed by atoms with van der Waals surface area (Å²) in [4.78, 5) is 12.4. The monoisotopic (exact) mass is 302 g/mol. The molecule has 1 aliphatic heterocycles. The minimum absolute atomic E-state index is 0. The zero-order valence-electron chi connectivity index (χ0n) is 12.2. The van der Waals surface area contributed by atoms with Crippen molar-refractivity contribution in [3.8, 4) is 0 Å². The van der Waals surface area contributed by atoms with Crippen LogP contribution in [0.4, 0.5) is 0 Å². The number of rotatable bonds is 2. The Hall–Kier alpha value is -0.320. The van der Waals surface area contributed by atoms with Crippen LogP contribution in [-0.2, 0) is 9.53 Å². The third kappa shape index (κ3) is 3.12. The first-order valence-electron chi connectivity index (χ1n) is 7.82. The molecule has 5 heteroatoms. The van der Waals surface area contributed by atoms with Crippen molar-refractivity contribution in [3.05, 3.63) is 0 Å². The van der Waals surface area contributed by atoms with E-state index in [1.807, 2.05) is 6.92 Å². The van der Waals surface area contributed by atoms with Crippen LogP contribution in [0.2, 0.25) is 0 Å². The lowest BCUT2D eigenvalue weighted by molar-refractivity contribution is -0.129. The molecular weight excluding hydrogens is 276 g/mol. The van der Waals surface area contributed by atoms with E-state index in [4.69, 9.17) is 10.5 Å². The summed E-state index contributed by atoms with van der Waals surface area (Å²) < 4.78 is 5.51. The SMILES string of the molecule is CC1OCCC1NC(=O)C1CC2CCCC(C1)C2N.Cl. The summed E-state index contributed by atoms with van der Waals surface area (Å²) in [5.41, 5.74) is 6.28. The summed E-state index contributed by atoms with van der Waals surface area (Å²) in [7, 11) is 0. The molecule has 2 saturated carbocycles. The zero-order chi connectivity index (χ0) is 13.4. The standard InChI is InChI=1S/C15H26N2O2.ClH/c1-9-13(5-6-19-9)17-15(18)12-7-10-3-2-4-11(8-12)14(10)16;/h9-14H,2-8,16H2,1H3,(H,17,18);1H. The van der Waals surface area contributed by atoms with Crippen LogP contribution < -0.4 is 11.1 Å². The van der Waals surface area contributed by atoms with E-state index < -0.39 is 0 Å². The number of amides is 1. The number of halogens is 1. The third-order valence-corrected chi connectivity index (χ3v) is 5.49. The molecule has 0 aromatic carbocycles. The average molecular weight is 303 g/mol. The second-order valence-corrected chi connectivity index (χ2v) is 6.68. The maximum absolute atomic E-state index is 12.4. The Balaban J connectivity index is 0.00000147. The van der Waals surface area contributed by atoms with Crippen molar-refractivity contribution in [2.24, 2.45) is 23.5 Å². The molecule has 1 saturated heterocycles. The molecule has 4 nitrogen and oxygen atoms in total. The smallest absolute Gasteiger partial charge is 0.223 e. The highest BCUT2D eigenvalue weighted by atomic mass is 35.5. The van der Waals surface area contributed by atoms with Crippen molar-refractivity contribution in [2.45, 2.75) is 63.6 Å². The highest BCUT2D eigenvalue weighted by Gasteiger charge is 2.41. The fourth-order valence-electron chi connectivity index (χ4n) is 4.23. The van der Waals surface area contributed by atoms with Gasteiger partial charge in [-0.15, -0.1) is 12.4 Å². The number of fused-ring (bicyclic) bond motifs is 2. The minimum atomic E-state index is 0. The summed E-state index contributed by atoms with van der Waals surface area (Å²) in [6.07, 6.45) is 6.82. The molecule has 3 rings (SSSR count). The molecule has 2 bridgehead atoms. The van der Waals surface area contributed by atoms with Gasteiger partial charge in [0.05, 0.1) is 12.1 Å². The normalized spacial score (nSPS) is 43.7. The number of carbonyl (C=O) groups is 1. The summed E-state index contributed by atoms with van der Waals surface area (Å²) in [6.45, 7) is 2.82. The largest absolute Gasteiger partial charge is 0.376 e. The highest BCUT2D eigenvalue weighted by molar-refractivity contribution is 5.85. The number of nitrogens with one attached hydrogen (secondary N) is 1. The van der Waals surface area contributed by atoms with Gasteiger partial charge in [0.1, 0.15) is 0 Å². The van der Waals surface area contributed by atoms with Crippen LogP contribution in [0.15, 0.2) is 0 Å². The predicted octanol–water partition coefficient (Wildman–Crippen LogP) is 1.86. The van der Waals surface area contributed by atoms with Crippen molar-refractivity contribution in [2.75, 3.05) is 6.61 Å². The van der Waals surface area contributed by atoms with E-state index in [1.165, 1.54) is 19.3 Å². The molecule has 2 aliphatic carbocycles. The molecule has 0 spiro atoms. The van der Waals surface area contributed by atoms with Crippen LogP contribution in [0.25, 0.3) is 0 Å². The topological polar surface area (TPSA) is 64.3 Å². The van der Waals surface area contributed by atoms with Crippen molar-refractivity contribution < 1.29 is 9.53 Å². The van der Waals surface area contributed by atoms with E-state index in [1.54, 1.807) is 0 Å². The van der Waals surface area contributed by atoms with Gasteiger partial charge in [-0.2, -0.15) is 0 Å². The Morgan fingerprint density at radius 3 is 2.40 bits per heavy atom. The van der Waals surface area contributed by atoms with Gasteiger partial charge >= 0.3 is 0 Å². The summed E-state index contributed by atoms with van der Waals surface area (Å²) >= 11 is 0. The molecule has 0 aromatic heterocycles. The molecule has 20 heavy (non-hydrogen) atoms. The minimum Gasteiger partial charge on any atom is -0.376 e. The van der Waals surface area contributed by atoms with Crippen LogP contribution >= 0.6 is 12.4 Å².